The number of rotatable bonds is 5. The number of carbonyl (C=O) groups excluding carboxylic acids is 1. The van der Waals surface area contributed by atoms with Gasteiger partial charge in [-0.1, -0.05) is 0 Å². The third-order valence-corrected chi connectivity index (χ3v) is 2.68. The topological polar surface area (TPSA) is 51.2 Å². The number of hydrogen-bond donors (Lipinski definition) is 1. The molecule has 1 aromatic rings. The van der Waals surface area contributed by atoms with Crippen LogP contribution >= 0.6 is 0 Å². The third kappa shape index (κ3) is 3.03. The van der Waals surface area contributed by atoms with Crippen LogP contribution < -0.4 is 5.32 Å². The average molecular weight is 220 g/mol. The highest BCUT2D eigenvalue weighted by molar-refractivity contribution is 5.88. The number of nitrogens with zero attached hydrogens (tertiary/aromatic N) is 1. The van der Waals surface area contributed by atoms with Gasteiger partial charge in [0.2, 0.25) is 0 Å². The van der Waals surface area contributed by atoms with Gasteiger partial charge in [-0.15, -0.1) is 0 Å². The lowest BCUT2D eigenvalue weighted by atomic mass is 10.2. The maximum atomic E-state index is 11.2. The van der Waals surface area contributed by atoms with Crippen LogP contribution in [-0.2, 0) is 11.3 Å². The normalized spacial score (nSPS) is 14.8. The van der Waals surface area contributed by atoms with Crippen LogP contribution in [0.4, 0.5) is 0 Å². The molecule has 0 spiro atoms. The molecule has 1 saturated carbocycles. The van der Waals surface area contributed by atoms with Crippen molar-refractivity contribution in [1.29, 1.82) is 0 Å². The Balaban J connectivity index is 1.83. The Morgan fingerprint density at radius 2 is 2.38 bits per heavy atom. The summed E-state index contributed by atoms with van der Waals surface area (Å²) in [4.78, 5) is 15.4. The van der Waals surface area contributed by atoms with Crippen molar-refractivity contribution in [3.8, 4) is 0 Å². The fourth-order valence-electron chi connectivity index (χ4n) is 1.49. The SMILES string of the molecule is COC(=O)c1ccc(CNCC2CC2)nc1. The lowest BCUT2D eigenvalue weighted by molar-refractivity contribution is 0.0600. The van der Waals surface area contributed by atoms with E-state index in [9.17, 15) is 4.79 Å². The summed E-state index contributed by atoms with van der Waals surface area (Å²) in [7, 11) is 1.37. The van der Waals surface area contributed by atoms with Crippen molar-refractivity contribution in [3.63, 3.8) is 0 Å². The predicted octanol–water partition coefficient (Wildman–Crippen LogP) is 1.37. The molecule has 1 aromatic heterocycles. The van der Waals surface area contributed by atoms with E-state index >= 15 is 0 Å². The molecule has 16 heavy (non-hydrogen) atoms. The van der Waals surface area contributed by atoms with Crippen molar-refractivity contribution in [2.75, 3.05) is 13.7 Å². The van der Waals surface area contributed by atoms with Crippen LogP contribution in [0, 0.1) is 5.92 Å². The van der Waals surface area contributed by atoms with Gasteiger partial charge in [0.1, 0.15) is 0 Å². The smallest absolute Gasteiger partial charge is 0.339 e. The van der Waals surface area contributed by atoms with Crippen LogP contribution in [0.25, 0.3) is 0 Å². The van der Waals surface area contributed by atoms with E-state index in [-0.39, 0.29) is 5.97 Å². The molecule has 1 heterocycles. The highest BCUT2D eigenvalue weighted by atomic mass is 16.5. The van der Waals surface area contributed by atoms with Gasteiger partial charge in [-0.25, -0.2) is 4.79 Å². The van der Waals surface area contributed by atoms with Crippen LogP contribution in [0.1, 0.15) is 28.9 Å². The molecule has 0 amide bonds. The Hall–Kier alpha value is -1.42. The molecular weight excluding hydrogens is 204 g/mol. The number of pyridine rings is 1. The molecule has 1 aliphatic rings. The summed E-state index contributed by atoms with van der Waals surface area (Å²) in [6.45, 7) is 1.83. The quantitative estimate of drug-likeness (QED) is 0.761. The van der Waals surface area contributed by atoms with Crippen LogP contribution in [0.15, 0.2) is 18.3 Å². The fourth-order valence-corrected chi connectivity index (χ4v) is 1.49. The van der Waals surface area contributed by atoms with Crippen molar-refractivity contribution < 1.29 is 9.53 Å². The fraction of sp³-hybridized carbons (Fsp3) is 0.500. The minimum absolute atomic E-state index is 0.343. The summed E-state index contributed by atoms with van der Waals surface area (Å²) in [5.41, 5.74) is 1.45. The monoisotopic (exact) mass is 220 g/mol. The van der Waals surface area contributed by atoms with Crippen LogP contribution in [0.5, 0.6) is 0 Å². The summed E-state index contributed by atoms with van der Waals surface area (Å²) in [6.07, 6.45) is 4.25. The second-order valence-corrected chi connectivity index (χ2v) is 4.10. The van der Waals surface area contributed by atoms with E-state index in [1.165, 1.54) is 20.0 Å². The molecule has 0 unspecified atom stereocenters. The lowest BCUT2D eigenvalue weighted by Gasteiger charge is -2.03. The van der Waals surface area contributed by atoms with Gasteiger partial charge in [0.15, 0.2) is 0 Å². The summed E-state index contributed by atoms with van der Waals surface area (Å²) >= 11 is 0. The van der Waals surface area contributed by atoms with E-state index in [1.807, 2.05) is 6.07 Å². The zero-order valence-corrected chi connectivity index (χ0v) is 9.40. The molecule has 2 rings (SSSR count). The van der Waals surface area contributed by atoms with Gasteiger partial charge < -0.3 is 10.1 Å². The first-order chi connectivity index (χ1) is 7.79. The maximum absolute atomic E-state index is 11.2. The average Bonchev–Trinajstić information content (AvgIpc) is 3.13. The molecule has 0 aliphatic heterocycles. The first-order valence-electron chi connectivity index (χ1n) is 5.53. The molecular formula is C12H16N2O2. The molecule has 4 nitrogen and oxygen atoms in total. The molecule has 1 aliphatic carbocycles. The zero-order valence-electron chi connectivity index (χ0n) is 9.40. The Bertz CT molecular complexity index is 358. The molecule has 1 N–H and O–H groups in total. The van der Waals surface area contributed by atoms with Crippen molar-refractivity contribution in [1.82, 2.24) is 10.3 Å². The van der Waals surface area contributed by atoms with E-state index in [2.05, 4.69) is 15.0 Å². The Labute approximate surface area is 95.0 Å². The molecule has 0 radical (unpaired) electrons. The number of carbonyl (C=O) groups is 1. The summed E-state index contributed by atoms with van der Waals surface area (Å²) in [5, 5.41) is 3.35. The molecule has 4 heteroatoms. The van der Waals surface area contributed by atoms with E-state index < -0.39 is 0 Å². The second kappa shape index (κ2) is 5.07. The minimum Gasteiger partial charge on any atom is -0.465 e. The predicted molar refractivity (Wildman–Crippen MR) is 60.0 cm³/mol. The van der Waals surface area contributed by atoms with E-state index in [4.69, 9.17) is 0 Å². The number of methoxy groups -OCH3 is 1. The number of hydrogen-bond acceptors (Lipinski definition) is 4. The standard InChI is InChI=1S/C12H16N2O2/c1-16-12(15)10-4-5-11(14-7-10)8-13-6-9-2-3-9/h4-5,7,9,13H,2-3,6,8H2,1H3. The van der Waals surface area contributed by atoms with Crippen molar-refractivity contribution >= 4 is 5.97 Å². The zero-order chi connectivity index (χ0) is 11.4. The number of aromatic nitrogens is 1. The van der Waals surface area contributed by atoms with Crippen molar-refractivity contribution in [3.05, 3.63) is 29.6 Å². The first kappa shape index (κ1) is 11.1. The van der Waals surface area contributed by atoms with Crippen LogP contribution in [0.3, 0.4) is 0 Å². The lowest BCUT2D eigenvalue weighted by Crippen LogP contribution is -2.17. The molecule has 1 fully saturated rings. The number of esters is 1. The highest BCUT2D eigenvalue weighted by Crippen LogP contribution is 2.27. The summed E-state index contributed by atoms with van der Waals surface area (Å²) in [6, 6.07) is 3.60. The second-order valence-electron chi connectivity index (χ2n) is 4.10. The molecule has 0 bridgehead atoms. The third-order valence-electron chi connectivity index (χ3n) is 2.68. The molecule has 0 saturated heterocycles. The minimum atomic E-state index is -0.343. The Morgan fingerprint density at radius 1 is 1.56 bits per heavy atom. The van der Waals surface area contributed by atoms with E-state index in [0.717, 1.165) is 24.7 Å². The van der Waals surface area contributed by atoms with Crippen LogP contribution in [-0.4, -0.2) is 24.6 Å². The van der Waals surface area contributed by atoms with Crippen molar-refractivity contribution in [2.24, 2.45) is 5.92 Å². The van der Waals surface area contributed by atoms with Gasteiger partial charge in [-0.3, -0.25) is 4.98 Å². The highest BCUT2D eigenvalue weighted by Gasteiger charge is 2.20. The molecule has 0 atom stereocenters. The van der Waals surface area contributed by atoms with Crippen LogP contribution in [0.2, 0.25) is 0 Å². The van der Waals surface area contributed by atoms with Crippen molar-refractivity contribution in [2.45, 2.75) is 19.4 Å². The van der Waals surface area contributed by atoms with Gasteiger partial charge in [-0.2, -0.15) is 0 Å². The summed E-state index contributed by atoms with van der Waals surface area (Å²) < 4.78 is 4.60. The number of nitrogens with one attached hydrogen (secondary N) is 1. The van der Waals surface area contributed by atoms with Gasteiger partial charge >= 0.3 is 5.97 Å². The summed E-state index contributed by atoms with van der Waals surface area (Å²) in [5.74, 6) is 0.527. The molecule has 86 valence electrons. The van der Waals surface area contributed by atoms with Gasteiger partial charge in [-0.05, 0) is 37.4 Å². The Morgan fingerprint density at radius 3 is 2.94 bits per heavy atom. The van der Waals surface area contributed by atoms with Gasteiger partial charge in [0, 0.05) is 12.7 Å². The molecule has 0 aromatic carbocycles. The van der Waals surface area contributed by atoms with Gasteiger partial charge in [0.25, 0.3) is 0 Å². The first-order valence-corrected chi connectivity index (χ1v) is 5.53. The van der Waals surface area contributed by atoms with E-state index in [0.29, 0.717) is 5.56 Å². The largest absolute Gasteiger partial charge is 0.465 e. The van der Waals surface area contributed by atoms with E-state index in [1.54, 1.807) is 12.3 Å². The maximum Gasteiger partial charge on any atom is 0.339 e. The Kier molecular flexibility index (Phi) is 3.51. The number of ether oxygens (including phenoxy) is 1. The van der Waals surface area contributed by atoms with Gasteiger partial charge in [0.05, 0.1) is 18.4 Å².